The molecule has 14 heavy (non-hydrogen) atoms. The summed E-state index contributed by atoms with van der Waals surface area (Å²) in [5, 5.41) is 0.0418. The first kappa shape index (κ1) is 9.15. The Morgan fingerprint density at radius 2 is 2.29 bits per heavy atom. The Balaban J connectivity index is 3.06. The number of aromatic nitrogens is 2. The lowest BCUT2D eigenvalue weighted by atomic mass is 10.3. The van der Waals surface area contributed by atoms with E-state index in [0.29, 0.717) is 5.56 Å². The van der Waals surface area contributed by atoms with Gasteiger partial charge >= 0.3 is 0 Å². The van der Waals surface area contributed by atoms with Crippen molar-refractivity contribution in [1.82, 2.24) is 9.38 Å². The van der Waals surface area contributed by atoms with E-state index in [9.17, 15) is 9.18 Å². The lowest BCUT2D eigenvalue weighted by molar-refractivity contribution is 0.626. The Hall–Kier alpha value is -1.42. The van der Waals surface area contributed by atoms with Crippen molar-refractivity contribution in [2.75, 3.05) is 0 Å². The molecular weight excluding hydrogens is 207 g/mol. The van der Waals surface area contributed by atoms with Crippen LogP contribution in [0.2, 0.25) is 5.15 Å². The molecule has 72 valence electrons. The molecule has 2 aromatic rings. The molecule has 2 rings (SSSR count). The Morgan fingerprint density at radius 1 is 1.57 bits per heavy atom. The van der Waals surface area contributed by atoms with Crippen molar-refractivity contribution in [3.63, 3.8) is 0 Å². The minimum absolute atomic E-state index is 0.0418. The van der Waals surface area contributed by atoms with Crippen LogP contribution in [0.5, 0.6) is 0 Å². The monoisotopic (exact) mass is 212 g/mol. The molecule has 2 heterocycles. The van der Waals surface area contributed by atoms with Crippen LogP contribution < -0.4 is 5.56 Å². The highest BCUT2D eigenvalue weighted by Crippen LogP contribution is 2.11. The smallest absolute Gasteiger partial charge is 0.262 e. The molecule has 0 spiro atoms. The van der Waals surface area contributed by atoms with Crippen molar-refractivity contribution in [2.45, 2.75) is 6.92 Å². The van der Waals surface area contributed by atoms with E-state index < -0.39 is 5.82 Å². The van der Waals surface area contributed by atoms with Crippen molar-refractivity contribution < 1.29 is 4.39 Å². The molecule has 0 bridgehead atoms. The molecular formula is C9H6ClFN2O. The van der Waals surface area contributed by atoms with E-state index in [4.69, 9.17) is 11.6 Å². The molecule has 0 aliphatic heterocycles. The van der Waals surface area contributed by atoms with Gasteiger partial charge in [0.15, 0.2) is 11.5 Å². The molecule has 0 N–H and O–H groups in total. The number of hydrogen-bond acceptors (Lipinski definition) is 2. The SMILES string of the molecule is Cc1c(Cl)nc2c(F)cccn2c1=O. The van der Waals surface area contributed by atoms with Crippen molar-refractivity contribution in [2.24, 2.45) is 0 Å². The second-order valence-corrected chi connectivity index (χ2v) is 3.24. The number of pyridine rings is 1. The van der Waals surface area contributed by atoms with E-state index in [0.717, 1.165) is 4.40 Å². The maximum atomic E-state index is 13.2. The van der Waals surface area contributed by atoms with Crippen LogP contribution in [0.1, 0.15) is 5.56 Å². The summed E-state index contributed by atoms with van der Waals surface area (Å²) in [5.74, 6) is -0.563. The van der Waals surface area contributed by atoms with Gasteiger partial charge in [0.2, 0.25) is 0 Å². The number of halogens is 2. The highest BCUT2D eigenvalue weighted by molar-refractivity contribution is 6.30. The second-order valence-electron chi connectivity index (χ2n) is 2.88. The Labute approximate surface area is 83.8 Å². The van der Waals surface area contributed by atoms with Crippen molar-refractivity contribution in [3.8, 4) is 0 Å². The molecule has 0 amide bonds. The van der Waals surface area contributed by atoms with Gasteiger partial charge in [-0.25, -0.2) is 9.37 Å². The second kappa shape index (κ2) is 3.06. The molecule has 0 atom stereocenters. The highest BCUT2D eigenvalue weighted by Gasteiger charge is 2.08. The number of rotatable bonds is 0. The van der Waals surface area contributed by atoms with E-state index in [1.54, 1.807) is 6.92 Å². The first-order valence-electron chi connectivity index (χ1n) is 3.94. The summed E-state index contributed by atoms with van der Waals surface area (Å²) in [4.78, 5) is 15.4. The minimum atomic E-state index is -0.563. The molecule has 0 aliphatic carbocycles. The molecule has 0 saturated carbocycles. The maximum absolute atomic E-state index is 13.2. The fourth-order valence-corrected chi connectivity index (χ4v) is 1.35. The third kappa shape index (κ3) is 1.19. The Kier molecular flexibility index (Phi) is 2.00. The van der Waals surface area contributed by atoms with Crippen LogP contribution in [0.15, 0.2) is 23.1 Å². The fourth-order valence-electron chi connectivity index (χ4n) is 1.19. The number of hydrogen-bond donors (Lipinski definition) is 0. The van der Waals surface area contributed by atoms with Gasteiger partial charge in [-0.15, -0.1) is 0 Å². The third-order valence-corrected chi connectivity index (χ3v) is 2.34. The minimum Gasteiger partial charge on any atom is -0.269 e. The van der Waals surface area contributed by atoms with Gasteiger partial charge in [-0.05, 0) is 19.1 Å². The van der Waals surface area contributed by atoms with Crippen LogP contribution in [0.25, 0.3) is 5.65 Å². The lowest BCUT2D eigenvalue weighted by Gasteiger charge is -2.02. The van der Waals surface area contributed by atoms with E-state index in [2.05, 4.69) is 4.98 Å². The van der Waals surface area contributed by atoms with Crippen LogP contribution in [0.3, 0.4) is 0 Å². The molecule has 0 fully saturated rings. The van der Waals surface area contributed by atoms with Gasteiger partial charge in [0.25, 0.3) is 5.56 Å². The molecule has 0 aromatic carbocycles. The van der Waals surface area contributed by atoms with Crippen LogP contribution in [0.4, 0.5) is 4.39 Å². The van der Waals surface area contributed by atoms with Gasteiger partial charge in [0.05, 0.1) is 5.56 Å². The van der Waals surface area contributed by atoms with Gasteiger partial charge in [0.1, 0.15) is 5.15 Å². The fraction of sp³-hybridized carbons (Fsp3) is 0.111. The van der Waals surface area contributed by atoms with Crippen molar-refractivity contribution in [1.29, 1.82) is 0 Å². The standard InChI is InChI=1S/C9H6ClFN2O/c1-5-7(10)12-8-6(11)3-2-4-13(8)9(5)14/h2-4H,1H3. The summed E-state index contributed by atoms with van der Waals surface area (Å²) in [5.41, 5.74) is -0.0811. The molecule has 2 aromatic heterocycles. The van der Waals surface area contributed by atoms with Crippen molar-refractivity contribution in [3.05, 3.63) is 45.2 Å². The van der Waals surface area contributed by atoms with Gasteiger partial charge in [-0.3, -0.25) is 9.20 Å². The van der Waals surface area contributed by atoms with Crippen LogP contribution in [0, 0.1) is 12.7 Å². The summed E-state index contributed by atoms with van der Waals surface area (Å²) in [6.07, 6.45) is 1.46. The third-order valence-electron chi connectivity index (χ3n) is 1.97. The summed E-state index contributed by atoms with van der Waals surface area (Å²) >= 11 is 5.67. The predicted molar refractivity (Wildman–Crippen MR) is 51.2 cm³/mol. The summed E-state index contributed by atoms with van der Waals surface area (Å²) < 4.78 is 14.3. The van der Waals surface area contributed by atoms with Gasteiger partial charge in [-0.2, -0.15) is 0 Å². The maximum Gasteiger partial charge on any atom is 0.262 e. The van der Waals surface area contributed by atoms with E-state index in [1.807, 2.05) is 0 Å². The topological polar surface area (TPSA) is 34.4 Å². The number of nitrogens with zero attached hydrogens (tertiary/aromatic N) is 2. The summed E-state index contributed by atoms with van der Waals surface area (Å²) in [6.45, 7) is 1.55. The molecule has 0 radical (unpaired) electrons. The van der Waals surface area contributed by atoms with E-state index in [1.165, 1.54) is 18.3 Å². The van der Waals surface area contributed by atoms with Crippen LogP contribution in [-0.4, -0.2) is 9.38 Å². The quantitative estimate of drug-likeness (QED) is 0.624. The van der Waals surface area contributed by atoms with Crippen LogP contribution in [-0.2, 0) is 0 Å². The molecule has 0 saturated heterocycles. The first-order valence-corrected chi connectivity index (χ1v) is 4.32. The van der Waals surface area contributed by atoms with Gasteiger partial charge in [-0.1, -0.05) is 11.6 Å². The van der Waals surface area contributed by atoms with E-state index >= 15 is 0 Å². The zero-order valence-corrected chi connectivity index (χ0v) is 8.05. The molecule has 5 heteroatoms. The molecule has 0 unspecified atom stereocenters. The predicted octanol–water partition coefficient (Wildman–Crippen LogP) is 1.80. The Bertz CT molecular complexity index is 564. The average molecular weight is 213 g/mol. The van der Waals surface area contributed by atoms with E-state index in [-0.39, 0.29) is 16.4 Å². The normalized spacial score (nSPS) is 10.8. The molecule has 3 nitrogen and oxygen atoms in total. The lowest BCUT2D eigenvalue weighted by Crippen LogP contribution is -2.18. The zero-order valence-electron chi connectivity index (χ0n) is 7.29. The average Bonchev–Trinajstić information content (AvgIpc) is 2.17. The van der Waals surface area contributed by atoms with Gasteiger partial charge < -0.3 is 0 Å². The number of fused-ring (bicyclic) bond motifs is 1. The van der Waals surface area contributed by atoms with Crippen molar-refractivity contribution >= 4 is 17.2 Å². The Morgan fingerprint density at radius 3 is 3.00 bits per heavy atom. The largest absolute Gasteiger partial charge is 0.269 e. The zero-order chi connectivity index (χ0) is 10.3. The molecule has 0 aliphatic rings. The summed E-state index contributed by atoms with van der Waals surface area (Å²) in [7, 11) is 0. The first-order chi connectivity index (χ1) is 6.61. The van der Waals surface area contributed by atoms with Gasteiger partial charge in [0, 0.05) is 6.20 Å². The van der Waals surface area contributed by atoms with Crippen LogP contribution >= 0.6 is 11.6 Å². The highest BCUT2D eigenvalue weighted by atomic mass is 35.5. The summed E-state index contributed by atoms with van der Waals surface area (Å²) in [6, 6.07) is 2.67.